The Morgan fingerprint density at radius 3 is 1.71 bits per heavy atom. The Balaban J connectivity index is 1.17. The first-order valence-electron chi connectivity index (χ1n) is 17.3. The average molecular weight is 617 g/mol. The zero-order valence-corrected chi connectivity index (χ0v) is 26.7. The van der Waals surface area contributed by atoms with E-state index in [1.807, 2.05) is 0 Å². The topological polar surface area (TPSA) is 0 Å². The van der Waals surface area contributed by atoms with E-state index in [0.29, 0.717) is 0 Å². The standard InChI is InChI=1S/C49H28/c1-2-11-37-29(8-1)20-25-41-42-27-33-18-19-34(36-23-21-32-17-16-30-9-7-10-31-22-24-40(36)47(32)46(30)31)26-35(33)28-45(42)49(48(37)41)43-14-5-3-12-38(43)39-13-4-6-15-44(39)49/h1-28H. The van der Waals surface area contributed by atoms with Crippen LogP contribution in [0, 0.1) is 0 Å². The van der Waals surface area contributed by atoms with Crippen molar-refractivity contribution in [2.75, 3.05) is 0 Å². The van der Waals surface area contributed by atoms with E-state index in [1.54, 1.807) is 0 Å². The lowest BCUT2D eigenvalue weighted by atomic mass is 9.69. The van der Waals surface area contributed by atoms with Crippen molar-refractivity contribution in [3.8, 4) is 33.4 Å². The van der Waals surface area contributed by atoms with Crippen LogP contribution in [-0.2, 0) is 5.41 Å². The fraction of sp³-hybridized carbons (Fsp3) is 0.0204. The van der Waals surface area contributed by atoms with Crippen molar-refractivity contribution < 1.29 is 0 Å². The minimum Gasteiger partial charge on any atom is -0.0619 e. The molecule has 0 heteroatoms. The zero-order chi connectivity index (χ0) is 31.8. The summed E-state index contributed by atoms with van der Waals surface area (Å²) in [7, 11) is 0. The third-order valence-corrected chi connectivity index (χ3v) is 11.8. The highest BCUT2D eigenvalue weighted by Gasteiger charge is 2.52. The van der Waals surface area contributed by atoms with Crippen LogP contribution in [0.3, 0.4) is 0 Å². The first kappa shape index (κ1) is 25.8. The quantitative estimate of drug-likeness (QED) is 0.161. The molecule has 0 atom stereocenters. The molecule has 0 heterocycles. The van der Waals surface area contributed by atoms with Gasteiger partial charge in [-0.25, -0.2) is 0 Å². The van der Waals surface area contributed by atoms with E-state index in [1.165, 1.54) is 109 Å². The summed E-state index contributed by atoms with van der Waals surface area (Å²) < 4.78 is 0. The van der Waals surface area contributed by atoms with Crippen LogP contribution in [0.4, 0.5) is 0 Å². The summed E-state index contributed by atoms with van der Waals surface area (Å²) in [4.78, 5) is 0. The molecular weight excluding hydrogens is 589 g/mol. The highest BCUT2D eigenvalue weighted by atomic mass is 14.5. The molecule has 10 aromatic rings. The van der Waals surface area contributed by atoms with Gasteiger partial charge in [0.25, 0.3) is 0 Å². The minimum atomic E-state index is -0.393. The molecule has 0 aromatic heterocycles. The van der Waals surface area contributed by atoms with Crippen molar-refractivity contribution in [1.82, 2.24) is 0 Å². The molecule has 12 rings (SSSR count). The molecule has 0 nitrogen and oxygen atoms in total. The smallest absolute Gasteiger partial charge is 0.0619 e. The summed E-state index contributed by atoms with van der Waals surface area (Å²) >= 11 is 0. The fourth-order valence-corrected chi connectivity index (χ4v) is 9.81. The summed E-state index contributed by atoms with van der Waals surface area (Å²) in [5.41, 5.74) is 13.1. The van der Waals surface area contributed by atoms with E-state index in [-0.39, 0.29) is 0 Å². The van der Waals surface area contributed by atoms with Gasteiger partial charge in [0.05, 0.1) is 5.41 Å². The third-order valence-electron chi connectivity index (χ3n) is 11.8. The molecule has 49 heavy (non-hydrogen) atoms. The number of rotatable bonds is 1. The van der Waals surface area contributed by atoms with Crippen molar-refractivity contribution in [1.29, 1.82) is 0 Å². The monoisotopic (exact) mass is 616 g/mol. The van der Waals surface area contributed by atoms with Crippen LogP contribution in [0.15, 0.2) is 170 Å². The second-order valence-corrected chi connectivity index (χ2v) is 14.0. The summed E-state index contributed by atoms with van der Waals surface area (Å²) in [6.07, 6.45) is 0. The van der Waals surface area contributed by atoms with Crippen molar-refractivity contribution in [3.63, 3.8) is 0 Å². The Labute approximate surface area is 283 Å². The van der Waals surface area contributed by atoms with Gasteiger partial charge in [0.2, 0.25) is 0 Å². The van der Waals surface area contributed by atoms with Gasteiger partial charge < -0.3 is 0 Å². The SMILES string of the molecule is c1ccc2c(c1)-c1ccccc1C21c2cc3cc(-c4ccc5ccc6cccc7ccc4c5c67)ccc3cc2-c2ccc3ccccc3c21. The van der Waals surface area contributed by atoms with Crippen LogP contribution < -0.4 is 0 Å². The summed E-state index contributed by atoms with van der Waals surface area (Å²) in [6.45, 7) is 0. The largest absolute Gasteiger partial charge is 0.0731 e. The van der Waals surface area contributed by atoms with Crippen LogP contribution >= 0.6 is 0 Å². The lowest BCUT2D eigenvalue weighted by Gasteiger charge is -2.31. The maximum atomic E-state index is 2.53. The predicted octanol–water partition coefficient (Wildman–Crippen LogP) is 12.9. The molecule has 0 N–H and O–H groups in total. The minimum absolute atomic E-state index is 0.393. The van der Waals surface area contributed by atoms with Crippen LogP contribution in [0.1, 0.15) is 22.3 Å². The Hall–Kier alpha value is -6.24. The first-order chi connectivity index (χ1) is 24.3. The van der Waals surface area contributed by atoms with Gasteiger partial charge in [0.1, 0.15) is 0 Å². The molecule has 0 aliphatic heterocycles. The Bertz CT molecular complexity index is 2990. The van der Waals surface area contributed by atoms with E-state index in [4.69, 9.17) is 0 Å². The molecule has 0 saturated carbocycles. The van der Waals surface area contributed by atoms with Crippen LogP contribution in [0.5, 0.6) is 0 Å². The maximum Gasteiger partial charge on any atom is 0.0731 e. The highest BCUT2D eigenvalue weighted by Crippen LogP contribution is 2.64. The Morgan fingerprint density at radius 1 is 0.286 bits per heavy atom. The molecule has 10 aromatic carbocycles. The van der Waals surface area contributed by atoms with E-state index in [0.717, 1.165) is 0 Å². The lowest BCUT2D eigenvalue weighted by molar-refractivity contribution is 0.802. The highest BCUT2D eigenvalue weighted by molar-refractivity contribution is 6.25. The molecule has 224 valence electrons. The number of hydrogen-bond acceptors (Lipinski definition) is 0. The van der Waals surface area contributed by atoms with E-state index in [2.05, 4.69) is 170 Å². The molecule has 0 radical (unpaired) electrons. The zero-order valence-electron chi connectivity index (χ0n) is 26.7. The van der Waals surface area contributed by atoms with Crippen molar-refractivity contribution in [3.05, 3.63) is 192 Å². The van der Waals surface area contributed by atoms with Gasteiger partial charge in [-0.1, -0.05) is 152 Å². The molecule has 0 saturated heterocycles. The number of fused-ring (bicyclic) bond motifs is 13. The molecule has 0 fully saturated rings. The van der Waals surface area contributed by atoms with Crippen molar-refractivity contribution in [2.24, 2.45) is 0 Å². The van der Waals surface area contributed by atoms with Gasteiger partial charge >= 0.3 is 0 Å². The van der Waals surface area contributed by atoms with Gasteiger partial charge in [-0.15, -0.1) is 0 Å². The number of benzene rings is 10. The molecule has 0 bridgehead atoms. The van der Waals surface area contributed by atoms with Gasteiger partial charge in [-0.05, 0) is 128 Å². The van der Waals surface area contributed by atoms with Crippen LogP contribution in [-0.4, -0.2) is 0 Å². The van der Waals surface area contributed by atoms with Crippen molar-refractivity contribution >= 4 is 53.9 Å². The summed E-state index contributed by atoms with van der Waals surface area (Å²) in [6, 6.07) is 64.4. The number of hydrogen-bond donors (Lipinski definition) is 0. The van der Waals surface area contributed by atoms with Crippen LogP contribution in [0.25, 0.3) is 87.2 Å². The molecule has 0 amide bonds. The Kier molecular flexibility index (Phi) is 4.74. The third kappa shape index (κ3) is 3.11. The fourth-order valence-electron chi connectivity index (χ4n) is 9.81. The summed E-state index contributed by atoms with van der Waals surface area (Å²) in [5, 5.41) is 13.1. The van der Waals surface area contributed by atoms with Crippen LogP contribution in [0.2, 0.25) is 0 Å². The predicted molar refractivity (Wildman–Crippen MR) is 207 cm³/mol. The van der Waals surface area contributed by atoms with Gasteiger partial charge in [0, 0.05) is 0 Å². The molecule has 1 spiro atoms. The Morgan fingerprint density at radius 2 is 0.898 bits per heavy atom. The van der Waals surface area contributed by atoms with Crippen molar-refractivity contribution in [2.45, 2.75) is 5.41 Å². The van der Waals surface area contributed by atoms with Gasteiger partial charge in [0.15, 0.2) is 0 Å². The van der Waals surface area contributed by atoms with E-state index >= 15 is 0 Å². The second kappa shape index (κ2) is 9.01. The lowest BCUT2D eigenvalue weighted by Crippen LogP contribution is -2.26. The van der Waals surface area contributed by atoms with Gasteiger partial charge in [-0.3, -0.25) is 0 Å². The molecule has 2 aliphatic carbocycles. The average Bonchev–Trinajstić information content (AvgIpc) is 3.62. The molecule has 0 unspecified atom stereocenters. The van der Waals surface area contributed by atoms with Gasteiger partial charge in [-0.2, -0.15) is 0 Å². The second-order valence-electron chi connectivity index (χ2n) is 14.0. The van der Waals surface area contributed by atoms with E-state index < -0.39 is 5.41 Å². The molecular formula is C49H28. The van der Waals surface area contributed by atoms with E-state index in [9.17, 15) is 0 Å². The summed E-state index contributed by atoms with van der Waals surface area (Å²) in [5.74, 6) is 0. The maximum absolute atomic E-state index is 2.53. The normalized spacial score (nSPS) is 13.9. The first-order valence-corrected chi connectivity index (χ1v) is 17.3. The molecule has 2 aliphatic rings.